The molecular weight excluding hydrogens is 426 g/mol. The standard InChI is InChI=1S/C23H25N5OS2/c1-4-5-6-9-21(30)28(3)23(29)25-18-11-10-16(2)19(13-18)26-22-27-20(15-31-22)17-8-7-12-24-14-17/h4-15,22,26-27,30H,1H2,2-3H3,(H,25,29)/b6-5-,21-9-. The number of nitrogens with one attached hydrogen (secondary N) is 3. The molecule has 2 heterocycles. The highest BCUT2D eigenvalue weighted by molar-refractivity contribution is 8.03. The zero-order chi connectivity index (χ0) is 22.2. The van der Waals surface area contributed by atoms with E-state index >= 15 is 0 Å². The molecule has 3 N–H and O–H groups in total. The number of anilines is 2. The van der Waals surface area contributed by atoms with E-state index in [9.17, 15) is 4.79 Å². The summed E-state index contributed by atoms with van der Waals surface area (Å²) in [5, 5.41) is 12.4. The highest BCUT2D eigenvalue weighted by atomic mass is 32.2. The van der Waals surface area contributed by atoms with Crippen LogP contribution in [0.2, 0.25) is 0 Å². The van der Waals surface area contributed by atoms with Crippen molar-refractivity contribution >= 4 is 47.5 Å². The maximum atomic E-state index is 12.6. The van der Waals surface area contributed by atoms with Crippen molar-refractivity contribution in [2.45, 2.75) is 12.4 Å². The van der Waals surface area contributed by atoms with Gasteiger partial charge in [0.05, 0.1) is 10.7 Å². The Morgan fingerprint density at radius 1 is 1.35 bits per heavy atom. The van der Waals surface area contributed by atoms with Crippen molar-refractivity contribution in [1.29, 1.82) is 0 Å². The van der Waals surface area contributed by atoms with Gasteiger partial charge < -0.3 is 16.0 Å². The first-order valence-corrected chi connectivity index (χ1v) is 11.0. The molecule has 160 valence electrons. The predicted molar refractivity (Wildman–Crippen MR) is 135 cm³/mol. The number of rotatable bonds is 7. The van der Waals surface area contributed by atoms with Crippen LogP contribution in [0.4, 0.5) is 16.2 Å². The molecule has 1 aromatic carbocycles. The predicted octanol–water partition coefficient (Wildman–Crippen LogP) is 5.40. The molecule has 0 saturated heterocycles. The van der Waals surface area contributed by atoms with Gasteiger partial charge in [0, 0.05) is 36.4 Å². The van der Waals surface area contributed by atoms with Crippen molar-refractivity contribution < 1.29 is 4.79 Å². The van der Waals surface area contributed by atoms with Gasteiger partial charge in [-0.2, -0.15) is 0 Å². The van der Waals surface area contributed by atoms with E-state index in [-0.39, 0.29) is 11.5 Å². The van der Waals surface area contributed by atoms with Crippen LogP contribution >= 0.6 is 24.4 Å². The first-order chi connectivity index (χ1) is 15.0. The quantitative estimate of drug-likeness (QED) is 0.335. The van der Waals surface area contributed by atoms with E-state index < -0.39 is 0 Å². The summed E-state index contributed by atoms with van der Waals surface area (Å²) in [6.45, 7) is 5.64. The Morgan fingerprint density at radius 2 is 2.19 bits per heavy atom. The van der Waals surface area contributed by atoms with Gasteiger partial charge in [0.25, 0.3) is 0 Å². The molecule has 0 aliphatic carbocycles. The molecule has 8 heteroatoms. The zero-order valence-corrected chi connectivity index (χ0v) is 19.1. The molecule has 1 atom stereocenters. The average Bonchev–Trinajstić information content (AvgIpc) is 3.24. The van der Waals surface area contributed by atoms with Crippen LogP contribution in [0.1, 0.15) is 11.1 Å². The molecule has 1 aliphatic rings. The Hall–Kier alpha value is -3.10. The van der Waals surface area contributed by atoms with Crippen LogP contribution in [0.15, 0.2) is 84.0 Å². The molecule has 0 fully saturated rings. The highest BCUT2D eigenvalue weighted by Crippen LogP contribution is 2.30. The summed E-state index contributed by atoms with van der Waals surface area (Å²) in [6, 6.07) is 9.42. The number of urea groups is 1. The summed E-state index contributed by atoms with van der Waals surface area (Å²) in [7, 11) is 1.66. The third-order valence-corrected chi connectivity index (χ3v) is 5.83. The van der Waals surface area contributed by atoms with E-state index in [2.05, 4.69) is 45.6 Å². The van der Waals surface area contributed by atoms with Crippen molar-refractivity contribution in [2.24, 2.45) is 0 Å². The number of pyridine rings is 1. The minimum Gasteiger partial charge on any atom is -0.356 e. The van der Waals surface area contributed by atoms with Gasteiger partial charge in [-0.3, -0.25) is 9.88 Å². The lowest BCUT2D eigenvalue weighted by Gasteiger charge is -2.20. The van der Waals surface area contributed by atoms with Gasteiger partial charge in [0.15, 0.2) is 0 Å². The molecule has 0 spiro atoms. The number of carbonyl (C=O) groups excluding carboxylic acids is 1. The topological polar surface area (TPSA) is 69.3 Å². The third kappa shape index (κ3) is 6.19. The van der Waals surface area contributed by atoms with Crippen molar-refractivity contribution in [2.75, 3.05) is 17.7 Å². The summed E-state index contributed by atoms with van der Waals surface area (Å²) < 4.78 is 0. The minimum atomic E-state index is -0.281. The number of nitrogens with zero attached hydrogens (tertiary/aromatic N) is 2. The highest BCUT2D eigenvalue weighted by Gasteiger charge is 2.19. The number of thioether (sulfide) groups is 1. The fraction of sp³-hybridized carbons (Fsp3) is 0.130. The molecule has 1 aromatic heterocycles. The number of aryl methyl sites for hydroxylation is 1. The van der Waals surface area contributed by atoms with E-state index in [0.29, 0.717) is 10.7 Å². The van der Waals surface area contributed by atoms with E-state index in [0.717, 1.165) is 22.5 Å². The number of thiol groups is 1. The van der Waals surface area contributed by atoms with Gasteiger partial charge in [0.2, 0.25) is 0 Å². The van der Waals surface area contributed by atoms with Gasteiger partial charge in [0.1, 0.15) is 5.50 Å². The first-order valence-electron chi connectivity index (χ1n) is 9.60. The molecule has 1 unspecified atom stereocenters. The van der Waals surface area contributed by atoms with E-state index in [1.54, 1.807) is 49.3 Å². The maximum absolute atomic E-state index is 12.6. The fourth-order valence-corrected chi connectivity index (χ4v) is 3.77. The number of hydrogen-bond donors (Lipinski definition) is 4. The van der Waals surface area contributed by atoms with E-state index in [1.165, 1.54) is 4.90 Å². The lowest BCUT2D eigenvalue weighted by Crippen LogP contribution is -2.30. The van der Waals surface area contributed by atoms with Crippen LogP contribution in [0, 0.1) is 6.92 Å². The lowest BCUT2D eigenvalue weighted by molar-refractivity contribution is 0.234. The Morgan fingerprint density at radius 3 is 2.94 bits per heavy atom. The molecule has 0 saturated carbocycles. The number of hydrogen-bond acceptors (Lipinski definition) is 6. The van der Waals surface area contributed by atoms with Crippen molar-refractivity contribution in [3.8, 4) is 0 Å². The second-order valence-electron chi connectivity index (χ2n) is 6.74. The Bertz CT molecular complexity index is 1030. The number of allylic oxidation sites excluding steroid dienone is 4. The van der Waals surface area contributed by atoms with Crippen molar-refractivity contribution in [3.05, 3.63) is 95.2 Å². The van der Waals surface area contributed by atoms with Gasteiger partial charge in [-0.15, -0.1) is 12.6 Å². The monoisotopic (exact) mass is 451 g/mol. The van der Waals surface area contributed by atoms with Gasteiger partial charge in [-0.25, -0.2) is 4.79 Å². The second-order valence-corrected chi connectivity index (χ2v) is 8.18. The molecular formula is C23H25N5OS2. The maximum Gasteiger partial charge on any atom is 0.326 e. The molecule has 6 nitrogen and oxygen atoms in total. The van der Waals surface area contributed by atoms with Crippen LogP contribution < -0.4 is 16.0 Å². The van der Waals surface area contributed by atoms with Crippen LogP contribution in [0.3, 0.4) is 0 Å². The summed E-state index contributed by atoms with van der Waals surface area (Å²) in [6.07, 6.45) is 10.5. The van der Waals surface area contributed by atoms with Gasteiger partial charge in [-0.05, 0) is 48.2 Å². The molecule has 2 aromatic rings. The molecule has 2 amide bonds. The number of aromatic nitrogens is 1. The second kappa shape index (κ2) is 10.8. The van der Waals surface area contributed by atoms with Crippen LogP contribution in [0.5, 0.6) is 0 Å². The van der Waals surface area contributed by atoms with Crippen LogP contribution in [-0.4, -0.2) is 28.5 Å². The Kier molecular flexibility index (Phi) is 7.86. The van der Waals surface area contributed by atoms with Gasteiger partial charge in [-0.1, -0.05) is 42.6 Å². The summed E-state index contributed by atoms with van der Waals surface area (Å²) >= 11 is 6.01. The summed E-state index contributed by atoms with van der Waals surface area (Å²) in [5.74, 6) is 0. The molecule has 3 rings (SSSR count). The molecule has 31 heavy (non-hydrogen) atoms. The van der Waals surface area contributed by atoms with Gasteiger partial charge >= 0.3 is 6.03 Å². The Balaban J connectivity index is 1.63. The minimum absolute atomic E-state index is 0.0221. The number of carbonyl (C=O) groups is 1. The largest absolute Gasteiger partial charge is 0.356 e. The normalized spacial score (nSPS) is 15.9. The SMILES string of the molecule is C=C/C=C\C=C(/S)N(C)C(=O)Nc1ccc(C)c(NC2NC(c3cccnc3)=CS2)c1. The summed E-state index contributed by atoms with van der Waals surface area (Å²) in [5.41, 5.74) is 4.74. The van der Waals surface area contributed by atoms with Crippen LogP contribution in [0.25, 0.3) is 5.70 Å². The Labute approximate surface area is 192 Å². The first kappa shape index (κ1) is 22.6. The molecule has 1 aliphatic heterocycles. The fourth-order valence-electron chi connectivity index (χ4n) is 2.73. The lowest BCUT2D eigenvalue weighted by atomic mass is 10.2. The van der Waals surface area contributed by atoms with E-state index in [4.69, 9.17) is 0 Å². The van der Waals surface area contributed by atoms with Crippen molar-refractivity contribution in [1.82, 2.24) is 15.2 Å². The zero-order valence-electron chi connectivity index (χ0n) is 17.4. The summed E-state index contributed by atoms with van der Waals surface area (Å²) in [4.78, 5) is 18.2. The smallest absolute Gasteiger partial charge is 0.326 e. The van der Waals surface area contributed by atoms with E-state index in [1.807, 2.05) is 43.5 Å². The van der Waals surface area contributed by atoms with Crippen molar-refractivity contribution in [3.63, 3.8) is 0 Å². The average molecular weight is 452 g/mol. The number of amides is 2. The number of benzene rings is 1. The third-order valence-electron chi connectivity index (χ3n) is 4.50. The van der Waals surface area contributed by atoms with Crippen LogP contribution in [-0.2, 0) is 0 Å². The molecule has 0 radical (unpaired) electrons. The molecule has 0 bridgehead atoms.